The van der Waals surface area contributed by atoms with Gasteiger partial charge in [0, 0.05) is 42.6 Å². The standard InChI is InChI=1S/C21H23ClN4O/c1-15-9-10-17(22)13-18(15)24-21-25-19(16-7-4-3-5-8-16)14-20(26-21)23-11-6-12-27-2/h3-5,7-10,13-14H,6,11-12H2,1-2H3,(H2,23,24,25,26). The Labute approximate surface area is 164 Å². The molecule has 27 heavy (non-hydrogen) atoms. The third-order valence-electron chi connectivity index (χ3n) is 4.07. The lowest BCUT2D eigenvalue weighted by Crippen LogP contribution is -2.08. The largest absolute Gasteiger partial charge is 0.385 e. The first-order valence-electron chi connectivity index (χ1n) is 8.86. The Morgan fingerprint density at radius 2 is 1.85 bits per heavy atom. The number of aromatic nitrogens is 2. The molecule has 3 aromatic rings. The molecule has 3 rings (SSSR count). The van der Waals surface area contributed by atoms with Gasteiger partial charge in [0.15, 0.2) is 0 Å². The summed E-state index contributed by atoms with van der Waals surface area (Å²) in [5.74, 6) is 1.29. The molecule has 6 heteroatoms. The van der Waals surface area contributed by atoms with Gasteiger partial charge in [0.05, 0.1) is 5.69 Å². The van der Waals surface area contributed by atoms with Crippen LogP contribution >= 0.6 is 11.6 Å². The van der Waals surface area contributed by atoms with Crippen LogP contribution in [-0.2, 0) is 4.74 Å². The minimum atomic E-state index is 0.524. The molecule has 0 atom stereocenters. The Morgan fingerprint density at radius 3 is 2.63 bits per heavy atom. The van der Waals surface area contributed by atoms with E-state index in [9.17, 15) is 0 Å². The van der Waals surface area contributed by atoms with Crippen LogP contribution in [0.5, 0.6) is 0 Å². The number of benzene rings is 2. The summed E-state index contributed by atoms with van der Waals surface area (Å²) < 4.78 is 5.10. The van der Waals surface area contributed by atoms with E-state index in [-0.39, 0.29) is 0 Å². The van der Waals surface area contributed by atoms with E-state index < -0.39 is 0 Å². The number of rotatable bonds is 8. The highest BCUT2D eigenvalue weighted by atomic mass is 35.5. The van der Waals surface area contributed by atoms with Crippen molar-refractivity contribution in [1.29, 1.82) is 0 Å². The number of anilines is 3. The average molecular weight is 383 g/mol. The molecular weight excluding hydrogens is 360 g/mol. The normalized spacial score (nSPS) is 10.6. The average Bonchev–Trinajstić information content (AvgIpc) is 2.69. The van der Waals surface area contributed by atoms with E-state index in [1.807, 2.05) is 61.5 Å². The van der Waals surface area contributed by atoms with Crippen LogP contribution in [0.1, 0.15) is 12.0 Å². The molecule has 1 heterocycles. The zero-order valence-electron chi connectivity index (χ0n) is 15.5. The molecule has 0 saturated carbocycles. The van der Waals surface area contributed by atoms with Crippen LogP contribution in [0.4, 0.5) is 17.5 Å². The Hall–Kier alpha value is -2.63. The lowest BCUT2D eigenvalue weighted by molar-refractivity contribution is 0.198. The van der Waals surface area contributed by atoms with Crippen molar-refractivity contribution in [3.8, 4) is 11.3 Å². The van der Waals surface area contributed by atoms with Gasteiger partial charge in [-0.25, -0.2) is 4.98 Å². The highest BCUT2D eigenvalue weighted by Crippen LogP contribution is 2.26. The molecule has 2 N–H and O–H groups in total. The Morgan fingerprint density at radius 1 is 1.04 bits per heavy atom. The molecule has 0 unspecified atom stereocenters. The van der Waals surface area contributed by atoms with Crippen molar-refractivity contribution in [3.05, 3.63) is 65.2 Å². The summed E-state index contributed by atoms with van der Waals surface area (Å²) in [7, 11) is 1.70. The Bertz CT molecular complexity index is 887. The highest BCUT2D eigenvalue weighted by molar-refractivity contribution is 6.30. The first-order chi connectivity index (χ1) is 13.2. The monoisotopic (exact) mass is 382 g/mol. The number of nitrogens with one attached hydrogen (secondary N) is 2. The van der Waals surface area contributed by atoms with Gasteiger partial charge in [0.1, 0.15) is 5.82 Å². The van der Waals surface area contributed by atoms with Crippen molar-refractivity contribution >= 4 is 29.1 Å². The third-order valence-corrected chi connectivity index (χ3v) is 4.31. The van der Waals surface area contributed by atoms with E-state index >= 15 is 0 Å². The molecule has 0 aliphatic carbocycles. The number of aryl methyl sites for hydroxylation is 1. The highest BCUT2D eigenvalue weighted by Gasteiger charge is 2.09. The van der Waals surface area contributed by atoms with Crippen LogP contribution in [0, 0.1) is 6.92 Å². The lowest BCUT2D eigenvalue weighted by atomic mass is 10.1. The zero-order valence-corrected chi connectivity index (χ0v) is 16.3. The minimum absolute atomic E-state index is 0.524. The summed E-state index contributed by atoms with van der Waals surface area (Å²) in [4.78, 5) is 9.29. The van der Waals surface area contributed by atoms with E-state index in [0.29, 0.717) is 17.6 Å². The molecule has 0 amide bonds. The summed E-state index contributed by atoms with van der Waals surface area (Å²) in [5, 5.41) is 7.31. The number of halogens is 1. The van der Waals surface area contributed by atoms with Crippen molar-refractivity contribution < 1.29 is 4.74 Å². The molecule has 0 saturated heterocycles. The Balaban J connectivity index is 1.90. The second-order valence-electron chi connectivity index (χ2n) is 6.19. The van der Waals surface area contributed by atoms with Crippen molar-refractivity contribution in [2.45, 2.75) is 13.3 Å². The summed E-state index contributed by atoms with van der Waals surface area (Å²) in [6.45, 7) is 3.49. The molecule has 0 aliphatic heterocycles. The number of hydrogen-bond donors (Lipinski definition) is 2. The van der Waals surface area contributed by atoms with E-state index in [4.69, 9.17) is 16.3 Å². The number of hydrogen-bond acceptors (Lipinski definition) is 5. The first kappa shape index (κ1) is 19.1. The van der Waals surface area contributed by atoms with E-state index in [0.717, 1.165) is 41.3 Å². The van der Waals surface area contributed by atoms with Crippen LogP contribution in [-0.4, -0.2) is 30.2 Å². The first-order valence-corrected chi connectivity index (χ1v) is 9.24. The molecule has 140 valence electrons. The van der Waals surface area contributed by atoms with Crippen LogP contribution in [0.15, 0.2) is 54.6 Å². The summed E-state index contributed by atoms with van der Waals surface area (Å²) in [5.41, 5.74) is 3.84. The predicted octanol–water partition coefficient (Wildman–Crippen LogP) is 5.30. The van der Waals surface area contributed by atoms with E-state index in [1.54, 1.807) is 7.11 Å². The zero-order chi connectivity index (χ0) is 19.1. The number of methoxy groups -OCH3 is 1. The third kappa shape index (κ3) is 5.42. The maximum absolute atomic E-state index is 6.13. The molecule has 0 radical (unpaired) electrons. The molecule has 0 spiro atoms. The summed E-state index contributed by atoms with van der Waals surface area (Å²) >= 11 is 6.13. The fourth-order valence-electron chi connectivity index (χ4n) is 2.63. The summed E-state index contributed by atoms with van der Waals surface area (Å²) in [6.07, 6.45) is 0.900. The van der Waals surface area contributed by atoms with Gasteiger partial charge >= 0.3 is 0 Å². The van der Waals surface area contributed by atoms with Gasteiger partial charge in [-0.15, -0.1) is 0 Å². The van der Waals surface area contributed by atoms with Crippen molar-refractivity contribution in [2.24, 2.45) is 0 Å². The molecule has 2 aromatic carbocycles. The SMILES string of the molecule is COCCCNc1cc(-c2ccccc2)nc(Nc2cc(Cl)ccc2C)n1. The van der Waals surface area contributed by atoms with Crippen LogP contribution < -0.4 is 10.6 Å². The fraction of sp³-hybridized carbons (Fsp3) is 0.238. The van der Waals surface area contributed by atoms with Gasteiger partial charge in [-0.3, -0.25) is 0 Å². The maximum atomic E-state index is 6.13. The van der Waals surface area contributed by atoms with Crippen molar-refractivity contribution in [2.75, 3.05) is 30.9 Å². The molecule has 0 aliphatic rings. The second-order valence-corrected chi connectivity index (χ2v) is 6.62. The van der Waals surface area contributed by atoms with Crippen LogP contribution in [0.25, 0.3) is 11.3 Å². The summed E-state index contributed by atoms with van der Waals surface area (Å²) in [6, 6.07) is 17.7. The second kappa shape index (κ2) is 9.35. The minimum Gasteiger partial charge on any atom is -0.385 e. The molecule has 5 nitrogen and oxygen atoms in total. The maximum Gasteiger partial charge on any atom is 0.229 e. The van der Waals surface area contributed by atoms with E-state index in [2.05, 4.69) is 20.6 Å². The van der Waals surface area contributed by atoms with Crippen LogP contribution in [0.3, 0.4) is 0 Å². The predicted molar refractivity (Wildman–Crippen MR) is 112 cm³/mol. The van der Waals surface area contributed by atoms with Crippen molar-refractivity contribution in [3.63, 3.8) is 0 Å². The molecule has 1 aromatic heterocycles. The van der Waals surface area contributed by atoms with Gasteiger partial charge in [-0.2, -0.15) is 4.98 Å². The number of ether oxygens (including phenoxy) is 1. The topological polar surface area (TPSA) is 59.1 Å². The van der Waals surface area contributed by atoms with Crippen molar-refractivity contribution in [1.82, 2.24) is 9.97 Å². The fourth-order valence-corrected chi connectivity index (χ4v) is 2.80. The molecule has 0 bridgehead atoms. The quantitative estimate of drug-likeness (QED) is 0.518. The van der Waals surface area contributed by atoms with Gasteiger partial charge in [-0.05, 0) is 31.0 Å². The Kier molecular flexibility index (Phi) is 6.63. The van der Waals surface area contributed by atoms with Gasteiger partial charge in [0.2, 0.25) is 5.95 Å². The lowest BCUT2D eigenvalue weighted by Gasteiger charge is -2.13. The van der Waals surface area contributed by atoms with Crippen LogP contribution in [0.2, 0.25) is 5.02 Å². The van der Waals surface area contributed by atoms with E-state index in [1.165, 1.54) is 0 Å². The smallest absolute Gasteiger partial charge is 0.229 e. The van der Waals surface area contributed by atoms with Gasteiger partial charge in [0.25, 0.3) is 0 Å². The number of nitrogens with zero attached hydrogens (tertiary/aromatic N) is 2. The van der Waals surface area contributed by atoms with Gasteiger partial charge < -0.3 is 15.4 Å². The molecular formula is C21H23ClN4O. The molecule has 0 fully saturated rings. The van der Waals surface area contributed by atoms with Gasteiger partial charge in [-0.1, -0.05) is 48.0 Å².